The summed E-state index contributed by atoms with van der Waals surface area (Å²) in [5.41, 5.74) is -0.115. The zero-order chi connectivity index (χ0) is 24.0. The van der Waals surface area contributed by atoms with E-state index < -0.39 is 23.0 Å². The first-order chi connectivity index (χ1) is 16.1. The lowest BCUT2D eigenvalue weighted by Gasteiger charge is -2.38. The molecule has 0 unspecified atom stereocenters. The van der Waals surface area contributed by atoms with Crippen molar-refractivity contribution in [2.24, 2.45) is 0 Å². The zero-order valence-electron chi connectivity index (χ0n) is 18.7. The summed E-state index contributed by atoms with van der Waals surface area (Å²) in [6.45, 7) is 5.43. The Hall–Kier alpha value is -2.61. The standard InChI is InChI=1S/C27H21Br2NO4/c1-25(2,3)34-24(31)30-26-16-9-11-18(28)22-19(29)12-10-17(21(16)22)27(26,32)33-20-13-8-14-6-4-5-7-15(14)23(20)26/h4-13,32H,1-3H3,(H,30,31)/t26-,27+/m1/s1. The van der Waals surface area contributed by atoms with Crippen LogP contribution in [0, 0.1) is 0 Å². The second kappa shape index (κ2) is 6.97. The predicted octanol–water partition coefficient (Wildman–Crippen LogP) is 6.84. The number of rotatable bonds is 1. The highest BCUT2D eigenvalue weighted by Crippen LogP contribution is 2.64. The van der Waals surface area contributed by atoms with Crippen LogP contribution >= 0.6 is 31.9 Å². The minimum absolute atomic E-state index is 0.516. The number of carbonyl (C=O) groups is 1. The molecule has 2 aliphatic rings. The molecular weight excluding hydrogens is 562 g/mol. The molecule has 0 saturated heterocycles. The maximum Gasteiger partial charge on any atom is 0.408 e. The third-order valence-electron chi connectivity index (χ3n) is 6.55. The minimum atomic E-state index is -1.88. The highest BCUT2D eigenvalue weighted by Gasteiger charge is 2.68. The minimum Gasteiger partial charge on any atom is -0.454 e. The van der Waals surface area contributed by atoms with Gasteiger partial charge in [-0.1, -0.05) is 74.3 Å². The van der Waals surface area contributed by atoms with Gasteiger partial charge in [-0.3, -0.25) is 0 Å². The number of nitrogens with one attached hydrogen (secondary N) is 1. The molecule has 6 rings (SSSR count). The van der Waals surface area contributed by atoms with Crippen LogP contribution in [0.4, 0.5) is 4.79 Å². The van der Waals surface area contributed by atoms with Gasteiger partial charge in [0.2, 0.25) is 0 Å². The van der Waals surface area contributed by atoms with Gasteiger partial charge in [-0.05, 0) is 60.7 Å². The van der Waals surface area contributed by atoms with Gasteiger partial charge in [0.1, 0.15) is 11.4 Å². The average Bonchev–Trinajstić information content (AvgIpc) is 3.12. The van der Waals surface area contributed by atoms with Crippen molar-refractivity contribution in [3.63, 3.8) is 0 Å². The van der Waals surface area contributed by atoms with E-state index in [4.69, 9.17) is 9.47 Å². The SMILES string of the molecule is CC(C)(C)OC(=O)N[C@]12c3c(ccc4ccccc34)O[C@@]1(O)c1ccc(Br)c3c(Br)ccc2c13. The van der Waals surface area contributed by atoms with Crippen molar-refractivity contribution in [2.75, 3.05) is 0 Å². The first kappa shape index (κ1) is 21.9. The Labute approximate surface area is 213 Å². The highest BCUT2D eigenvalue weighted by atomic mass is 79.9. The molecule has 2 N–H and O–H groups in total. The van der Waals surface area contributed by atoms with Crippen molar-refractivity contribution in [2.45, 2.75) is 37.7 Å². The molecule has 1 aliphatic carbocycles. The van der Waals surface area contributed by atoms with Crippen molar-refractivity contribution in [1.82, 2.24) is 5.32 Å². The van der Waals surface area contributed by atoms with Crippen molar-refractivity contribution < 1.29 is 19.4 Å². The lowest BCUT2D eigenvalue weighted by molar-refractivity contribution is -0.173. The fraction of sp³-hybridized carbons (Fsp3) is 0.222. The summed E-state index contributed by atoms with van der Waals surface area (Å²) in [6, 6.07) is 19.3. The third-order valence-corrected chi connectivity index (χ3v) is 7.87. The summed E-state index contributed by atoms with van der Waals surface area (Å²) in [5.74, 6) is -1.36. The molecule has 1 aliphatic heterocycles. The maximum absolute atomic E-state index is 13.3. The molecule has 0 aromatic heterocycles. The molecule has 0 saturated carbocycles. The number of hydrogen-bond acceptors (Lipinski definition) is 4. The van der Waals surface area contributed by atoms with E-state index >= 15 is 0 Å². The van der Waals surface area contributed by atoms with Crippen LogP contribution in [0.15, 0.2) is 69.6 Å². The van der Waals surface area contributed by atoms with Gasteiger partial charge in [0, 0.05) is 25.5 Å². The highest BCUT2D eigenvalue weighted by molar-refractivity contribution is 9.11. The van der Waals surface area contributed by atoms with E-state index in [1.807, 2.05) is 81.4 Å². The number of carbonyl (C=O) groups excluding carboxylic acids is 1. The smallest absolute Gasteiger partial charge is 0.408 e. The second-order valence-corrected chi connectivity index (χ2v) is 11.4. The number of halogens is 2. The summed E-state index contributed by atoms with van der Waals surface area (Å²) in [5, 5.41) is 19.1. The summed E-state index contributed by atoms with van der Waals surface area (Å²) < 4.78 is 13.8. The quantitative estimate of drug-likeness (QED) is 0.258. The molecule has 0 radical (unpaired) electrons. The van der Waals surface area contributed by atoms with Crippen LogP contribution in [0.25, 0.3) is 21.5 Å². The number of benzene rings is 4. The van der Waals surface area contributed by atoms with Gasteiger partial charge in [-0.25, -0.2) is 4.79 Å². The van der Waals surface area contributed by atoms with Gasteiger partial charge in [-0.15, -0.1) is 0 Å². The molecule has 4 aromatic carbocycles. The summed E-state index contributed by atoms with van der Waals surface area (Å²) in [7, 11) is 0. The molecule has 0 fully saturated rings. The van der Waals surface area contributed by atoms with Gasteiger partial charge < -0.3 is 19.9 Å². The van der Waals surface area contributed by atoms with Gasteiger partial charge >= 0.3 is 6.09 Å². The predicted molar refractivity (Wildman–Crippen MR) is 138 cm³/mol. The molecule has 1 amide bonds. The fourth-order valence-corrected chi connectivity index (χ4v) is 6.74. The normalized spacial score (nSPS) is 22.4. The van der Waals surface area contributed by atoms with E-state index in [0.717, 1.165) is 36.1 Å². The molecule has 4 aromatic rings. The number of amides is 1. The summed E-state index contributed by atoms with van der Waals surface area (Å²) in [4.78, 5) is 13.3. The van der Waals surface area contributed by atoms with Crippen LogP contribution in [0.1, 0.15) is 37.5 Å². The van der Waals surface area contributed by atoms with Gasteiger partial charge in [0.25, 0.3) is 5.79 Å². The monoisotopic (exact) mass is 581 g/mol. The topological polar surface area (TPSA) is 67.8 Å². The Kier molecular flexibility index (Phi) is 4.48. The van der Waals surface area contributed by atoms with Crippen LogP contribution in [0.5, 0.6) is 5.75 Å². The van der Waals surface area contributed by atoms with Crippen LogP contribution in [0.3, 0.4) is 0 Å². The van der Waals surface area contributed by atoms with Crippen molar-refractivity contribution in [1.29, 1.82) is 0 Å². The summed E-state index contributed by atoms with van der Waals surface area (Å²) in [6.07, 6.45) is -0.641. The molecule has 5 nitrogen and oxygen atoms in total. The van der Waals surface area contributed by atoms with Crippen molar-refractivity contribution in [3.8, 4) is 5.75 Å². The number of alkyl carbamates (subject to hydrolysis) is 1. The van der Waals surface area contributed by atoms with E-state index in [1.54, 1.807) is 0 Å². The Morgan fingerprint density at radius 2 is 1.62 bits per heavy atom. The van der Waals surface area contributed by atoms with Crippen LogP contribution in [-0.2, 0) is 16.1 Å². The number of fused-ring (bicyclic) bond motifs is 7. The van der Waals surface area contributed by atoms with Gasteiger partial charge in [0.15, 0.2) is 5.54 Å². The maximum atomic E-state index is 13.3. The lowest BCUT2D eigenvalue weighted by atomic mass is 9.78. The number of ether oxygens (including phenoxy) is 2. The van der Waals surface area contributed by atoms with Crippen LogP contribution in [0.2, 0.25) is 0 Å². The van der Waals surface area contributed by atoms with E-state index in [-0.39, 0.29) is 0 Å². The lowest BCUT2D eigenvalue weighted by Crippen LogP contribution is -2.58. The Morgan fingerprint density at radius 1 is 0.941 bits per heavy atom. The molecule has 2 atom stereocenters. The second-order valence-electron chi connectivity index (χ2n) is 9.72. The molecule has 7 heteroatoms. The van der Waals surface area contributed by atoms with E-state index in [0.29, 0.717) is 16.9 Å². The zero-order valence-corrected chi connectivity index (χ0v) is 21.9. The van der Waals surface area contributed by atoms with E-state index in [2.05, 4.69) is 37.2 Å². The van der Waals surface area contributed by atoms with Gasteiger partial charge in [-0.2, -0.15) is 0 Å². The molecule has 172 valence electrons. The number of aliphatic hydroxyl groups is 1. The fourth-order valence-electron chi connectivity index (χ4n) is 5.38. The molecule has 1 heterocycles. The summed E-state index contributed by atoms with van der Waals surface area (Å²) >= 11 is 7.31. The van der Waals surface area contributed by atoms with Crippen molar-refractivity contribution >= 4 is 59.5 Å². The Balaban J connectivity index is 1.74. The Bertz CT molecular complexity index is 1540. The first-order valence-electron chi connectivity index (χ1n) is 10.9. The van der Waals surface area contributed by atoms with Crippen LogP contribution < -0.4 is 10.1 Å². The largest absolute Gasteiger partial charge is 0.454 e. The van der Waals surface area contributed by atoms with Gasteiger partial charge in [0.05, 0.1) is 0 Å². The third kappa shape index (κ3) is 2.72. The van der Waals surface area contributed by atoms with Crippen LogP contribution in [-0.4, -0.2) is 16.8 Å². The molecule has 0 spiro atoms. The molecule has 34 heavy (non-hydrogen) atoms. The average molecular weight is 583 g/mol. The number of hydrogen-bond donors (Lipinski definition) is 2. The molecule has 0 bridgehead atoms. The Morgan fingerprint density at radius 3 is 2.32 bits per heavy atom. The first-order valence-corrected chi connectivity index (χ1v) is 12.5. The van der Waals surface area contributed by atoms with E-state index in [1.165, 1.54) is 0 Å². The van der Waals surface area contributed by atoms with E-state index in [9.17, 15) is 9.90 Å². The van der Waals surface area contributed by atoms with Crippen molar-refractivity contribution in [3.05, 3.63) is 86.3 Å². The molecular formula is C27H21Br2NO4.